The number of carboxylic acids is 2. The van der Waals surface area contributed by atoms with Crippen LogP contribution in [0.2, 0.25) is 0 Å². The topological polar surface area (TPSA) is 154 Å². The Hall–Kier alpha value is 0.103. The second-order valence-electron chi connectivity index (χ2n) is 2.53. The number of thiol groups is 2. The van der Waals surface area contributed by atoms with Crippen molar-refractivity contribution in [2.75, 3.05) is 11.5 Å². The van der Waals surface area contributed by atoms with Crippen LogP contribution in [0.25, 0.3) is 0 Å². The Labute approximate surface area is 121 Å². The molecule has 0 spiro atoms. The van der Waals surface area contributed by atoms with Gasteiger partial charge in [-0.1, -0.05) is 0 Å². The van der Waals surface area contributed by atoms with Gasteiger partial charge in [0, 0.05) is 19.5 Å². The third-order valence-electron chi connectivity index (χ3n) is 1.36. The monoisotopic (exact) mass is 338 g/mol. The fraction of sp³-hybridized carbons (Fsp3) is 0.667. The summed E-state index contributed by atoms with van der Waals surface area (Å²) in [7, 11) is 0. The molecular weight excluding hydrogens is 326 g/mol. The molecule has 0 aliphatic heterocycles. The number of rotatable bonds is 6. The third-order valence-corrected chi connectivity index (χ3v) is 2.14. The molecule has 0 aromatic rings. The Bertz CT molecular complexity index is 193. The summed E-state index contributed by atoms with van der Waals surface area (Å²) < 4.78 is 0. The van der Waals surface area contributed by atoms with Gasteiger partial charge >= 0.3 is 11.9 Å². The molecule has 0 unspecified atom stereocenters. The van der Waals surface area contributed by atoms with Gasteiger partial charge in [-0.15, -0.1) is 0 Å². The molecule has 11 heteroatoms. The van der Waals surface area contributed by atoms with E-state index in [4.69, 9.17) is 10.2 Å². The minimum atomic E-state index is -1.12. The van der Waals surface area contributed by atoms with Gasteiger partial charge < -0.3 is 31.6 Å². The summed E-state index contributed by atoms with van der Waals surface area (Å²) in [4.78, 5) is 19.8. The first kappa shape index (κ1) is 22.3. The van der Waals surface area contributed by atoms with Crippen molar-refractivity contribution in [2.24, 2.45) is 0 Å². The van der Waals surface area contributed by atoms with E-state index in [1.807, 2.05) is 0 Å². The molecule has 0 aromatic heterocycles. The average molecular weight is 340 g/mol. The summed E-state index contributed by atoms with van der Waals surface area (Å²) in [6, 6.07) is -1.89. The van der Waals surface area contributed by atoms with Gasteiger partial charge in [0.2, 0.25) is 0 Å². The predicted octanol–water partition coefficient (Wildman–Crippen LogP) is -3.14. The van der Waals surface area contributed by atoms with Gasteiger partial charge in [-0.05, 0) is 0 Å². The number of hydrogen-bond donors (Lipinski definition) is 6. The Morgan fingerprint density at radius 3 is 1.24 bits per heavy atom. The normalized spacial score (nSPS) is 12.5. The van der Waals surface area contributed by atoms with Crippen LogP contribution in [-0.2, 0) is 29.1 Å². The molecule has 0 radical (unpaired) electrons. The van der Waals surface area contributed by atoms with Crippen molar-refractivity contribution in [3.05, 3.63) is 10.4 Å². The maximum absolute atomic E-state index is 9.88. The van der Waals surface area contributed by atoms with Gasteiger partial charge in [-0.2, -0.15) is 25.3 Å². The molecule has 98 valence electrons. The summed E-state index contributed by atoms with van der Waals surface area (Å²) in [6.07, 6.45) is 0. The van der Waals surface area contributed by atoms with Gasteiger partial charge in [-0.3, -0.25) is 0 Å². The van der Waals surface area contributed by atoms with Crippen LogP contribution in [0.4, 0.5) is 0 Å². The summed E-state index contributed by atoms with van der Waals surface area (Å²) in [5.74, 6) is -2.09. The minimum absolute atomic E-state index is 0. The molecule has 2 atom stereocenters. The molecule has 0 saturated carbocycles. The van der Waals surface area contributed by atoms with E-state index in [0.717, 1.165) is 0 Å². The van der Waals surface area contributed by atoms with E-state index < -0.39 is 24.0 Å². The second kappa shape index (κ2) is 14.2. The number of carboxylic acid groups (broad SMARTS) is 2. The Morgan fingerprint density at radius 2 is 1.24 bits per heavy atom. The van der Waals surface area contributed by atoms with E-state index >= 15 is 0 Å². The summed E-state index contributed by atoms with van der Waals surface area (Å²) >= 11 is 7.25. The molecule has 0 aliphatic carbocycles. The van der Waals surface area contributed by atoms with Crippen LogP contribution in [0.3, 0.4) is 0 Å². The number of carbonyl (C=O) groups is 2. The molecule has 0 aliphatic rings. The van der Waals surface area contributed by atoms with E-state index in [0.29, 0.717) is 11.0 Å². The van der Waals surface area contributed by atoms with Crippen molar-refractivity contribution in [3.63, 3.8) is 0 Å². The number of nitrogens with two attached hydrogens (primary N) is 2. The van der Waals surface area contributed by atoms with Gasteiger partial charge in [0.05, 0.1) is 11.5 Å². The molecular formula is C6H14N2O6S2Zn. The van der Waals surface area contributed by atoms with E-state index in [2.05, 4.69) is 25.3 Å². The molecule has 0 rings (SSSR count). The van der Waals surface area contributed by atoms with E-state index in [1.165, 1.54) is 0 Å². The van der Waals surface area contributed by atoms with Crippen LogP contribution < -0.4 is 11.0 Å². The van der Waals surface area contributed by atoms with Crippen LogP contribution in [-0.4, -0.2) is 45.7 Å². The predicted molar refractivity (Wildman–Crippen MR) is 61.1 cm³/mol. The number of quaternary nitrogens is 2. The average Bonchev–Trinajstić information content (AvgIpc) is 2.21. The summed E-state index contributed by atoms with van der Waals surface area (Å²) in [5, 5.41) is 35.7. The minimum Gasteiger partial charge on any atom is -0.635 e. The van der Waals surface area contributed by atoms with Crippen LogP contribution in [0.5, 0.6) is 0 Å². The molecule has 0 aromatic carbocycles. The van der Waals surface area contributed by atoms with Crippen molar-refractivity contribution in [3.8, 4) is 0 Å². The van der Waals surface area contributed by atoms with Crippen LogP contribution >= 0.6 is 25.3 Å². The molecule has 0 amide bonds. The van der Waals surface area contributed by atoms with Crippen LogP contribution in [0.1, 0.15) is 0 Å². The molecule has 0 heterocycles. The van der Waals surface area contributed by atoms with E-state index in [-0.39, 0.29) is 31.0 Å². The van der Waals surface area contributed by atoms with Crippen LogP contribution in [0, 0.1) is 10.4 Å². The third kappa shape index (κ3) is 12.4. The fourth-order valence-electron chi connectivity index (χ4n) is 0.359. The SMILES string of the molecule is O=C(O)[C@H](CS)[NH2+][O-].O=C(O)[C@H](CS)[NH2+][O-].[Zn]. The maximum Gasteiger partial charge on any atom is 0.363 e. The van der Waals surface area contributed by atoms with Crippen molar-refractivity contribution >= 4 is 37.2 Å². The molecule has 8 nitrogen and oxygen atoms in total. The zero-order chi connectivity index (χ0) is 13.1. The summed E-state index contributed by atoms with van der Waals surface area (Å²) in [5.41, 5.74) is 0.741. The van der Waals surface area contributed by atoms with Crippen molar-refractivity contribution in [1.29, 1.82) is 0 Å². The molecule has 0 fully saturated rings. The van der Waals surface area contributed by atoms with E-state index in [1.54, 1.807) is 0 Å². The fourth-order valence-corrected chi connectivity index (χ4v) is 0.843. The number of aliphatic carboxylic acids is 2. The van der Waals surface area contributed by atoms with Crippen molar-refractivity contribution in [1.82, 2.24) is 0 Å². The first-order valence-corrected chi connectivity index (χ1v) is 5.28. The van der Waals surface area contributed by atoms with Gasteiger partial charge in [0.15, 0.2) is 12.1 Å². The van der Waals surface area contributed by atoms with Crippen LogP contribution in [0.15, 0.2) is 0 Å². The number of hydroxylamine groups is 2. The van der Waals surface area contributed by atoms with Gasteiger partial charge in [-0.25, -0.2) is 9.59 Å². The van der Waals surface area contributed by atoms with E-state index in [9.17, 15) is 20.0 Å². The molecule has 0 saturated heterocycles. The van der Waals surface area contributed by atoms with Crippen molar-refractivity contribution in [2.45, 2.75) is 12.1 Å². The smallest absolute Gasteiger partial charge is 0.363 e. The van der Waals surface area contributed by atoms with Crippen molar-refractivity contribution < 1.29 is 50.2 Å². The van der Waals surface area contributed by atoms with Gasteiger partial charge in [0.1, 0.15) is 0 Å². The first-order valence-electron chi connectivity index (χ1n) is 4.02. The molecule has 0 bridgehead atoms. The molecule has 6 N–H and O–H groups in total. The zero-order valence-corrected chi connectivity index (χ0v) is 13.6. The second-order valence-corrected chi connectivity index (χ2v) is 3.26. The largest absolute Gasteiger partial charge is 0.635 e. The quantitative estimate of drug-likeness (QED) is 0.171. The first-order chi connectivity index (χ1) is 7.44. The Balaban J connectivity index is -0.000000218. The number of hydrogen-bond acceptors (Lipinski definition) is 6. The zero-order valence-electron chi connectivity index (χ0n) is 8.85. The summed E-state index contributed by atoms with van der Waals surface area (Å²) in [6.45, 7) is 0. The Kier molecular flexibility index (Phi) is 18.6. The maximum atomic E-state index is 9.88. The molecule has 17 heavy (non-hydrogen) atoms. The standard InChI is InChI=1S/2C3H7NO3S.Zn/c2*5-3(6)2(1-8)4-7;/h2*2,8H,1,4H2,(H,5,6);/t2*2-;/m00./s1. The Morgan fingerprint density at radius 1 is 1.00 bits per heavy atom. The van der Waals surface area contributed by atoms with Gasteiger partial charge in [0.25, 0.3) is 0 Å².